The number of hydrogen-bond donors (Lipinski definition) is 1. The molecule has 0 radical (unpaired) electrons. The molecule has 1 heterocycles. The molecule has 0 saturated carbocycles. The molecule has 90 valence electrons. The Hall–Kier alpha value is -1.24. The maximum atomic E-state index is 5.98. The first-order chi connectivity index (χ1) is 8.11. The first-order valence-corrected chi connectivity index (χ1v) is 6.44. The van der Waals surface area contributed by atoms with Gasteiger partial charge >= 0.3 is 0 Å². The van der Waals surface area contributed by atoms with E-state index in [0.29, 0.717) is 11.6 Å². The predicted molar refractivity (Wildman–Crippen MR) is 76.2 cm³/mol. The van der Waals surface area contributed by atoms with Crippen molar-refractivity contribution in [3.63, 3.8) is 0 Å². The molecule has 0 saturated heterocycles. The smallest absolute Gasteiger partial charge is 0.241 e. The normalized spacial score (nSPS) is 10.5. The Morgan fingerprint density at radius 3 is 2.53 bits per heavy atom. The van der Waals surface area contributed by atoms with Crippen LogP contribution in [0, 0.1) is 3.57 Å². The molecule has 2 aromatic rings. The van der Waals surface area contributed by atoms with Gasteiger partial charge in [-0.3, -0.25) is 0 Å². The van der Waals surface area contributed by atoms with E-state index in [1.54, 1.807) is 4.68 Å². The average Bonchev–Trinajstić information content (AvgIpc) is 2.59. The summed E-state index contributed by atoms with van der Waals surface area (Å²) in [5.74, 6) is 1.37. The molecule has 17 heavy (non-hydrogen) atoms. The summed E-state index contributed by atoms with van der Waals surface area (Å²) in [7, 11) is 1.83. The number of halogens is 1. The Kier molecular flexibility index (Phi) is 3.56. The SMILES string of the molecule is CCc1nn(C)c(Oc2ccc(I)cc2)c1N. The molecule has 2 N–H and O–H groups in total. The second-order valence-corrected chi connectivity index (χ2v) is 4.94. The molecule has 0 aliphatic heterocycles. The molecule has 5 heteroatoms. The van der Waals surface area contributed by atoms with Crippen LogP contribution >= 0.6 is 22.6 Å². The van der Waals surface area contributed by atoms with Crippen molar-refractivity contribution < 1.29 is 4.74 Å². The van der Waals surface area contributed by atoms with E-state index >= 15 is 0 Å². The summed E-state index contributed by atoms with van der Waals surface area (Å²) in [5.41, 5.74) is 7.47. The lowest BCUT2D eigenvalue weighted by atomic mass is 10.3. The molecular formula is C12H14IN3O. The van der Waals surface area contributed by atoms with Crippen molar-refractivity contribution in [2.24, 2.45) is 7.05 Å². The molecule has 0 amide bonds. The van der Waals surface area contributed by atoms with Crippen LogP contribution in [0.4, 0.5) is 5.69 Å². The van der Waals surface area contributed by atoms with Crippen LogP contribution in [-0.4, -0.2) is 9.78 Å². The summed E-state index contributed by atoms with van der Waals surface area (Å²) >= 11 is 2.25. The summed E-state index contributed by atoms with van der Waals surface area (Å²) in [5, 5.41) is 4.31. The largest absolute Gasteiger partial charge is 0.437 e. The Balaban J connectivity index is 2.29. The fourth-order valence-corrected chi connectivity index (χ4v) is 1.93. The Morgan fingerprint density at radius 1 is 1.35 bits per heavy atom. The van der Waals surface area contributed by atoms with E-state index in [1.807, 2.05) is 38.2 Å². The Bertz CT molecular complexity index is 519. The van der Waals surface area contributed by atoms with E-state index in [2.05, 4.69) is 27.7 Å². The van der Waals surface area contributed by atoms with Gasteiger partial charge in [-0.05, 0) is 53.3 Å². The van der Waals surface area contributed by atoms with Crippen LogP contribution in [0.1, 0.15) is 12.6 Å². The number of aromatic nitrogens is 2. The van der Waals surface area contributed by atoms with Crippen LogP contribution in [0.3, 0.4) is 0 Å². The fourth-order valence-electron chi connectivity index (χ4n) is 1.57. The zero-order valence-corrected chi connectivity index (χ0v) is 11.9. The predicted octanol–water partition coefficient (Wildman–Crippen LogP) is 2.96. The molecule has 0 unspecified atom stereocenters. The number of ether oxygens (including phenoxy) is 1. The highest BCUT2D eigenvalue weighted by Gasteiger charge is 2.13. The number of nitrogens with two attached hydrogens (primary N) is 1. The van der Waals surface area contributed by atoms with Crippen LogP contribution in [-0.2, 0) is 13.5 Å². The molecule has 0 spiro atoms. The summed E-state index contributed by atoms with van der Waals surface area (Å²) in [4.78, 5) is 0. The van der Waals surface area contributed by atoms with Crippen LogP contribution in [0.25, 0.3) is 0 Å². The lowest BCUT2D eigenvalue weighted by Gasteiger charge is -2.06. The highest BCUT2D eigenvalue weighted by Crippen LogP contribution is 2.29. The fraction of sp³-hybridized carbons (Fsp3) is 0.250. The number of nitrogen functional groups attached to an aromatic ring is 1. The van der Waals surface area contributed by atoms with Crippen molar-refractivity contribution in [3.05, 3.63) is 33.5 Å². The van der Waals surface area contributed by atoms with Crippen LogP contribution in [0.15, 0.2) is 24.3 Å². The van der Waals surface area contributed by atoms with Gasteiger partial charge < -0.3 is 10.5 Å². The van der Waals surface area contributed by atoms with Crippen LogP contribution < -0.4 is 10.5 Å². The molecule has 2 rings (SSSR count). The third kappa shape index (κ3) is 2.54. The van der Waals surface area contributed by atoms with Gasteiger partial charge in [-0.1, -0.05) is 6.92 Å². The van der Waals surface area contributed by atoms with Crippen LogP contribution in [0.5, 0.6) is 11.6 Å². The van der Waals surface area contributed by atoms with Gasteiger partial charge in [0.1, 0.15) is 11.4 Å². The van der Waals surface area contributed by atoms with Gasteiger partial charge in [0.15, 0.2) is 0 Å². The summed E-state index contributed by atoms with van der Waals surface area (Å²) in [6.45, 7) is 2.02. The van der Waals surface area contributed by atoms with Gasteiger partial charge in [-0.2, -0.15) is 5.10 Å². The zero-order chi connectivity index (χ0) is 12.4. The lowest BCUT2D eigenvalue weighted by Crippen LogP contribution is -1.96. The molecule has 4 nitrogen and oxygen atoms in total. The molecule has 0 atom stereocenters. The monoisotopic (exact) mass is 343 g/mol. The number of hydrogen-bond acceptors (Lipinski definition) is 3. The number of anilines is 1. The number of rotatable bonds is 3. The van der Waals surface area contributed by atoms with Crippen molar-refractivity contribution in [3.8, 4) is 11.6 Å². The van der Waals surface area contributed by atoms with E-state index in [0.717, 1.165) is 17.9 Å². The molecule has 1 aromatic carbocycles. The minimum Gasteiger partial charge on any atom is -0.437 e. The van der Waals surface area contributed by atoms with Gasteiger partial charge in [0.2, 0.25) is 5.88 Å². The summed E-state index contributed by atoms with van der Waals surface area (Å²) in [6.07, 6.45) is 0.801. The number of benzene rings is 1. The van der Waals surface area contributed by atoms with E-state index < -0.39 is 0 Å². The summed E-state index contributed by atoms with van der Waals surface area (Å²) < 4.78 is 8.59. The average molecular weight is 343 g/mol. The molecule has 0 aliphatic rings. The number of nitrogens with zero attached hydrogens (tertiary/aromatic N) is 2. The van der Waals surface area contributed by atoms with Crippen molar-refractivity contribution in [2.45, 2.75) is 13.3 Å². The first-order valence-electron chi connectivity index (χ1n) is 5.36. The van der Waals surface area contributed by atoms with E-state index in [4.69, 9.17) is 10.5 Å². The Labute approximate surface area is 114 Å². The van der Waals surface area contributed by atoms with Gasteiger partial charge in [0.25, 0.3) is 0 Å². The highest BCUT2D eigenvalue weighted by atomic mass is 127. The Morgan fingerprint density at radius 2 is 2.00 bits per heavy atom. The molecule has 1 aromatic heterocycles. The zero-order valence-electron chi connectivity index (χ0n) is 9.77. The maximum Gasteiger partial charge on any atom is 0.241 e. The van der Waals surface area contributed by atoms with Crippen molar-refractivity contribution in [1.29, 1.82) is 0 Å². The van der Waals surface area contributed by atoms with Gasteiger partial charge in [0, 0.05) is 10.6 Å². The molecule has 0 fully saturated rings. The number of aryl methyl sites for hydroxylation is 2. The van der Waals surface area contributed by atoms with Crippen LogP contribution in [0.2, 0.25) is 0 Å². The minimum atomic E-state index is 0.600. The van der Waals surface area contributed by atoms with Crippen molar-refractivity contribution >= 4 is 28.3 Å². The van der Waals surface area contributed by atoms with Gasteiger partial charge in [-0.15, -0.1) is 0 Å². The molecular weight excluding hydrogens is 329 g/mol. The highest BCUT2D eigenvalue weighted by molar-refractivity contribution is 14.1. The van der Waals surface area contributed by atoms with E-state index in [9.17, 15) is 0 Å². The standard InChI is InChI=1S/C12H14IN3O/c1-3-10-11(14)12(16(2)15-10)17-9-6-4-8(13)5-7-9/h4-7H,3,14H2,1-2H3. The van der Waals surface area contributed by atoms with Gasteiger partial charge in [0.05, 0.1) is 5.69 Å². The molecule has 0 bridgehead atoms. The topological polar surface area (TPSA) is 53.1 Å². The third-order valence-corrected chi connectivity index (χ3v) is 3.19. The quantitative estimate of drug-likeness (QED) is 0.872. The second-order valence-electron chi connectivity index (χ2n) is 3.70. The van der Waals surface area contributed by atoms with Crippen molar-refractivity contribution in [1.82, 2.24) is 9.78 Å². The minimum absolute atomic E-state index is 0.600. The third-order valence-electron chi connectivity index (χ3n) is 2.47. The second kappa shape index (κ2) is 4.95. The van der Waals surface area contributed by atoms with Crippen molar-refractivity contribution in [2.75, 3.05) is 5.73 Å². The molecule has 0 aliphatic carbocycles. The van der Waals surface area contributed by atoms with E-state index in [1.165, 1.54) is 3.57 Å². The lowest BCUT2D eigenvalue weighted by molar-refractivity contribution is 0.432. The first kappa shape index (κ1) is 12.2. The van der Waals surface area contributed by atoms with E-state index in [-0.39, 0.29) is 0 Å². The van der Waals surface area contributed by atoms with Gasteiger partial charge in [-0.25, -0.2) is 4.68 Å². The maximum absolute atomic E-state index is 5.98. The summed E-state index contributed by atoms with van der Waals surface area (Å²) in [6, 6.07) is 7.81.